The van der Waals surface area contributed by atoms with Crippen molar-refractivity contribution >= 4 is 0 Å². The molecule has 0 amide bonds. The summed E-state index contributed by atoms with van der Waals surface area (Å²) < 4.78 is 0. The maximum atomic E-state index is 4.18. The van der Waals surface area contributed by atoms with Crippen LogP contribution < -0.4 is 5.32 Å². The zero-order chi connectivity index (χ0) is 10.6. The molecule has 3 nitrogen and oxygen atoms in total. The first kappa shape index (κ1) is 11.1. The summed E-state index contributed by atoms with van der Waals surface area (Å²) in [4.78, 5) is 0. The molecule has 1 rings (SSSR count). The van der Waals surface area contributed by atoms with Gasteiger partial charge in [-0.2, -0.15) is 10.2 Å². The van der Waals surface area contributed by atoms with Crippen LogP contribution in [0.2, 0.25) is 0 Å². The van der Waals surface area contributed by atoms with E-state index >= 15 is 0 Å². The van der Waals surface area contributed by atoms with Gasteiger partial charge in [0.25, 0.3) is 0 Å². The zero-order valence-corrected chi connectivity index (χ0v) is 9.36. The summed E-state index contributed by atoms with van der Waals surface area (Å²) in [6.45, 7) is 6.61. The summed E-state index contributed by atoms with van der Waals surface area (Å²) in [6, 6.07) is 4.41. The van der Waals surface area contributed by atoms with Gasteiger partial charge in [-0.1, -0.05) is 13.8 Å². The van der Waals surface area contributed by atoms with Crippen molar-refractivity contribution in [2.75, 3.05) is 7.05 Å². The second-order valence-corrected chi connectivity index (χ2v) is 4.00. The first-order valence-corrected chi connectivity index (χ1v) is 5.11. The van der Waals surface area contributed by atoms with Gasteiger partial charge >= 0.3 is 0 Å². The van der Waals surface area contributed by atoms with Gasteiger partial charge in [0.2, 0.25) is 0 Å². The predicted molar refractivity (Wildman–Crippen MR) is 58.1 cm³/mol. The molecule has 1 heterocycles. The lowest BCUT2D eigenvalue weighted by molar-refractivity contribution is 0.385. The molecule has 0 bridgehead atoms. The van der Waals surface area contributed by atoms with Crippen molar-refractivity contribution in [1.82, 2.24) is 15.5 Å². The highest BCUT2D eigenvalue weighted by Gasteiger charge is 2.22. The predicted octanol–water partition coefficient (Wildman–Crippen LogP) is 1.82. The molecule has 3 heteroatoms. The van der Waals surface area contributed by atoms with Crippen molar-refractivity contribution in [3.63, 3.8) is 0 Å². The molecule has 0 saturated carbocycles. The van der Waals surface area contributed by atoms with Gasteiger partial charge in [0.15, 0.2) is 0 Å². The van der Waals surface area contributed by atoms with Gasteiger partial charge in [-0.15, -0.1) is 0 Å². The molecular formula is C11H19N3. The Kier molecular flexibility index (Phi) is 4.01. The lowest BCUT2D eigenvalue weighted by atomic mass is 9.86. The molecule has 1 aromatic rings. The molecule has 0 fully saturated rings. The number of nitrogens with zero attached hydrogens (tertiary/aromatic N) is 2. The van der Waals surface area contributed by atoms with Gasteiger partial charge in [0.05, 0.1) is 5.69 Å². The average Bonchev–Trinajstić information content (AvgIpc) is 2.19. The molecule has 1 N–H and O–H groups in total. The molecule has 78 valence electrons. The normalized spacial score (nSPS) is 15.5. The minimum atomic E-state index is 0.423. The summed E-state index contributed by atoms with van der Waals surface area (Å²) in [5, 5.41) is 11.4. The molecule has 0 radical (unpaired) electrons. The van der Waals surface area contributed by atoms with E-state index in [0.29, 0.717) is 17.9 Å². The Labute approximate surface area is 85.9 Å². The van der Waals surface area contributed by atoms with Crippen molar-refractivity contribution in [2.24, 2.45) is 5.92 Å². The zero-order valence-electron chi connectivity index (χ0n) is 9.36. The lowest BCUT2D eigenvalue weighted by Crippen LogP contribution is -2.32. The van der Waals surface area contributed by atoms with Gasteiger partial charge in [0, 0.05) is 18.2 Å². The van der Waals surface area contributed by atoms with Gasteiger partial charge < -0.3 is 5.32 Å². The Balaban J connectivity index is 2.89. The van der Waals surface area contributed by atoms with E-state index in [9.17, 15) is 0 Å². The molecule has 0 aromatic carbocycles. The molecule has 2 atom stereocenters. The summed E-state index contributed by atoms with van der Waals surface area (Å²) >= 11 is 0. The molecule has 0 aliphatic rings. The Bertz CT molecular complexity index is 258. The Morgan fingerprint density at radius 2 is 2.00 bits per heavy atom. The fourth-order valence-electron chi connectivity index (χ4n) is 1.85. The van der Waals surface area contributed by atoms with E-state index in [2.05, 4.69) is 36.3 Å². The first-order valence-electron chi connectivity index (χ1n) is 5.11. The highest BCUT2D eigenvalue weighted by atomic mass is 15.1. The highest BCUT2D eigenvalue weighted by Crippen LogP contribution is 2.25. The van der Waals surface area contributed by atoms with Crippen LogP contribution in [0.1, 0.15) is 32.4 Å². The topological polar surface area (TPSA) is 37.8 Å². The van der Waals surface area contributed by atoms with Crippen LogP contribution in [0.4, 0.5) is 0 Å². The van der Waals surface area contributed by atoms with E-state index < -0.39 is 0 Å². The number of likely N-dealkylation sites (N-methyl/N-ethyl adjacent to an activating group) is 1. The average molecular weight is 193 g/mol. The maximum Gasteiger partial charge on any atom is 0.0679 e. The van der Waals surface area contributed by atoms with Crippen LogP contribution in [0.25, 0.3) is 0 Å². The van der Waals surface area contributed by atoms with E-state index in [4.69, 9.17) is 0 Å². The number of aromatic nitrogens is 2. The van der Waals surface area contributed by atoms with Crippen LogP contribution in [0.5, 0.6) is 0 Å². The van der Waals surface area contributed by atoms with Gasteiger partial charge in [-0.05, 0) is 32.0 Å². The fourth-order valence-corrected chi connectivity index (χ4v) is 1.85. The maximum absolute atomic E-state index is 4.18. The second-order valence-electron chi connectivity index (χ2n) is 4.00. The van der Waals surface area contributed by atoms with Crippen LogP contribution in [-0.2, 0) is 0 Å². The number of hydrogen-bond donors (Lipinski definition) is 1. The number of hydrogen-bond acceptors (Lipinski definition) is 3. The third-order valence-corrected chi connectivity index (χ3v) is 2.65. The first-order chi connectivity index (χ1) is 6.66. The van der Waals surface area contributed by atoms with Gasteiger partial charge in [-0.3, -0.25) is 0 Å². The summed E-state index contributed by atoms with van der Waals surface area (Å²) in [5.41, 5.74) is 1.07. The van der Waals surface area contributed by atoms with Crippen LogP contribution in [-0.4, -0.2) is 23.3 Å². The standard InChI is InChI=1S/C11H19N3/c1-8(2)11(9(3)12-4)10-6-5-7-13-14-10/h5-9,11-12H,1-4H3. The summed E-state index contributed by atoms with van der Waals surface area (Å²) in [7, 11) is 1.98. The second kappa shape index (κ2) is 5.05. The van der Waals surface area contributed by atoms with Crippen molar-refractivity contribution in [1.29, 1.82) is 0 Å². The molecular weight excluding hydrogens is 174 g/mol. The Morgan fingerprint density at radius 1 is 1.29 bits per heavy atom. The molecule has 1 aromatic heterocycles. The highest BCUT2D eigenvalue weighted by molar-refractivity contribution is 5.10. The van der Waals surface area contributed by atoms with Gasteiger partial charge in [0.1, 0.15) is 0 Å². The van der Waals surface area contributed by atoms with E-state index in [1.54, 1.807) is 6.20 Å². The number of rotatable bonds is 4. The van der Waals surface area contributed by atoms with Crippen LogP contribution in [0.15, 0.2) is 18.3 Å². The van der Waals surface area contributed by atoms with Crippen molar-refractivity contribution in [2.45, 2.75) is 32.7 Å². The molecule has 2 unspecified atom stereocenters. The van der Waals surface area contributed by atoms with Crippen LogP contribution >= 0.6 is 0 Å². The SMILES string of the molecule is CNC(C)C(c1cccnn1)C(C)C. The van der Waals surface area contributed by atoms with Crippen LogP contribution in [0, 0.1) is 5.92 Å². The third kappa shape index (κ3) is 2.51. The monoisotopic (exact) mass is 193 g/mol. The van der Waals surface area contributed by atoms with E-state index in [0.717, 1.165) is 5.69 Å². The van der Waals surface area contributed by atoms with Crippen molar-refractivity contribution < 1.29 is 0 Å². The fraction of sp³-hybridized carbons (Fsp3) is 0.636. The van der Waals surface area contributed by atoms with Crippen molar-refractivity contribution in [3.05, 3.63) is 24.0 Å². The lowest BCUT2D eigenvalue weighted by Gasteiger charge is -2.26. The number of nitrogens with one attached hydrogen (secondary N) is 1. The molecule has 0 aliphatic heterocycles. The summed E-state index contributed by atoms with van der Waals surface area (Å²) in [5.74, 6) is 0.989. The van der Waals surface area contributed by atoms with Crippen LogP contribution in [0.3, 0.4) is 0 Å². The molecule has 0 saturated heterocycles. The molecule has 14 heavy (non-hydrogen) atoms. The molecule has 0 spiro atoms. The largest absolute Gasteiger partial charge is 0.317 e. The van der Waals surface area contributed by atoms with E-state index in [1.165, 1.54) is 0 Å². The summed E-state index contributed by atoms with van der Waals surface area (Å²) in [6.07, 6.45) is 1.71. The Hall–Kier alpha value is -0.960. The molecule has 0 aliphatic carbocycles. The van der Waals surface area contributed by atoms with Crippen molar-refractivity contribution in [3.8, 4) is 0 Å². The van der Waals surface area contributed by atoms with E-state index in [-0.39, 0.29) is 0 Å². The minimum Gasteiger partial charge on any atom is -0.317 e. The van der Waals surface area contributed by atoms with Gasteiger partial charge in [-0.25, -0.2) is 0 Å². The Morgan fingerprint density at radius 3 is 2.43 bits per heavy atom. The third-order valence-electron chi connectivity index (χ3n) is 2.65. The minimum absolute atomic E-state index is 0.423. The smallest absolute Gasteiger partial charge is 0.0679 e. The van der Waals surface area contributed by atoms with E-state index in [1.807, 2.05) is 19.2 Å². The quantitative estimate of drug-likeness (QED) is 0.792.